The summed E-state index contributed by atoms with van der Waals surface area (Å²) < 4.78 is 10.6. The van der Waals surface area contributed by atoms with Crippen molar-refractivity contribution in [3.8, 4) is 17.6 Å². The first-order valence-corrected chi connectivity index (χ1v) is 5.86. The van der Waals surface area contributed by atoms with Gasteiger partial charge in [0, 0.05) is 18.4 Å². The number of Topliss-reactive ketones (excluding diaryl/α,β-unsaturated/α-hetero) is 1. The minimum Gasteiger partial charge on any atom is -0.493 e. The molecule has 1 aromatic rings. The van der Waals surface area contributed by atoms with Crippen molar-refractivity contribution >= 4 is 5.78 Å². The van der Waals surface area contributed by atoms with Crippen LogP contribution in [0, 0.1) is 11.3 Å². The van der Waals surface area contributed by atoms with E-state index >= 15 is 0 Å². The number of nitriles is 1. The third-order valence-electron chi connectivity index (χ3n) is 3.35. The van der Waals surface area contributed by atoms with Gasteiger partial charge in [-0.1, -0.05) is 6.07 Å². The van der Waals surface area contributed by atoms with Crippen molar-refractivity contribution in [2.75, 3.05) is 14.2 Å². The molecule has 1 aliphatic rings. The van der Waals surface area contributed by atoms with Crippen molar-refractivity contribution in [1.82, 2.24) is 0 Å². The molecule has 0 radical (unpaired) electrons. The summed E-state index contributed by atoms with van der Waals surface area (Å²) in [6, 6.07) is 5.88. The Kier molecular flexibility index (Phi) is 3.52. The van der Waals surface area contributed by atoms with Gasteiger partial charge in [0.2, 0.25) is 0 Å². The molecule has 0 amide bonds. The smallest absolute Gasteiger partial charge is 0.164 e. The Morgan fingerprint density at radius 1 is 1.33 bits per heavy atom. The van der Waals surface area contributed by atoms with E-state index in [-0.39, 0.29) is 18.1 Å². The molecule has 2 rings (SSSR count). The van der Waals surface area contributed by atoms with Gasteiger partial charge in [0.05, 0.1) is 26.2 Å². The lowest BCUT2D eigenvalue weighted by atomic mass is 9.79. The number of carbonyl (C=O) groups is 1. The maximum absolute atomic E-state index is 12.0. The fourth-order valence-corrected chi connectivity index (χ4v) is 2.49. The molecule has 1 aliphatic carbocycles. The molecular weight excluding hydrogens is 230 g/mol. The minimum atomic E-state index is -0.385. The largest absolute Gasteiger partial charge is 0.493 e. The second-order valence-corrected chi connectivity index (χ2v) is 4.26. The third-order valence-corrected chi connectivity index (χ3v) is 3.35. The molecule has 0 N–H and O–H groups in total. The Labute approximate surface area is 106 Å². The second kappa shape index (κ2) is 5.09. The van der Waals surface area contributed by atoms with E-state index in [9.17, 15) is 4.79 Å². The van der Waals surface area contributed by atoms with Crippen LogP contribution in [0.3, 0.4) is 0 Å². The molecule has 0 heterocycles. The molecule has 0 fully saturated rings. The van der Waals surface area contributed by atoms with Crippen LogP contribution in [0.4, 0.5) is 0 Å². The highest BCUT2D eigenvalue weighted by molar-refractivity contribution is 5.89. The average molecular weight is 245 g/mol. The number of ether oxygens (including phenoxy) is 2. The Morgan fingerprint density at radius 3 is 2.72 bits per heavy atom. The summed E-state index contributed by atoms with van der Waals surface area (Å²) in [6.45, 7) is 0. The molecule has 0 bridgehead atoms. The molecule has 0 aromatic heterocycles. The van der Waals surface area contributed by atoms with E-state index in [4.69, 9.17) is 14.7 Å². The van der Waals surface area contributed by atoms with Crippen molar-refractivity contribution in [3.05, 3.63) is 23.3 Å². The summed E-state index contributed by atoms with van der Waals surface area (Å²) in [5, 5.41) is 8.88. The first-order chi connectivity index (χ1) is 8.72. The lowest BCUT2D eigenvalue weighted by Gasteiger charge is -2.25. The molecule has 4 heteroatoms. The van der Waals surface area contributed by atoms with Crippen LogP contribution >= 0.6 is 0 Å². The number of aryl methyl sites for hydroxylation is 1. The summed E-state index contributed by atoms with van der Waals surface area (Å²) in [6.07, 6.45) is 1.39. The van der Waals surface area contributed by atoms with Crippen LogP contribution in [0.2, 0.25) is 0 Å². The standard InChI is InChI=1S/C14H15NO3/c1-17-12-6-4-9-3-5-11(16)10(7-8-15)13(9)14(12)18-2/h4,6,10H,3,5,7H2,1-2H3/t10-/m1/s1. The zero-order valence-corrected chi connectivity index (χ0v) is 10.5. The number of nitrogens with zero attached hydrogens (tertiary/aromatic N) is 1. The van der Waals surface area contributed by atoms with Crippen LogP contribution in [0.25, 0.3) is 0 Å². The van der Waals surface area contributed by atoms with Gasteiger partial charge in [0.25, 0.3) is 0 Å². The number of hydrogen-bond acceptors (Lipinski definition) is 4. The number of rotatable bonds is 3. The summed E-state index contributed by atoms with van der Waals surface area (Å²) in [4.78, 5) is 12.0. The lowest BCUT2D eigenvalue weighted by Crippen LogP contribution is -2.21. The highest BCUT2D eigenvalue weighted by Crippen LogP contribution is 2.42. The van der Waals surface area contributed by atoms with Crippen molar-refractivity contribution in [2.24, 2.45) is 0 Å². The van der Waals surface area contributed by atoms with Crippen molar-refractivity contribution in [3.63, 3.8) is 0 Å². The monoisotopic (exact) mass is 245 g/mol. The minimum absolute atomic E-state index is 0.107. The maximum Gasteiger partial charge on any atom is 0.164 e. The second-order valence-electron chi connectivity index (χ2n) is 4.26. The van der Waals surface area contributed by atoms with Crippen LogP contribution in [0.5, 0.6) is 11.5 Å². The van der Waals surface area contributed by atoms with Crippen molar-refractivity contribution < 1.29 is 14.3 Å². The molecule has 0 aliphatic heterocycles. The molecule has 0 saturated heterocycles. The van der Waals surface area contributed by atoms with Gasteiger partial charge in [-0.3, -0.25) is 4.79 Å². The molecule has 4 nitrogen and oxygen atoms in total. The lowest BCUT2D eigenvalue weighted by molar-refractivity contribution is -0.120. The predicted molar refractivity (Wildman–Crippen MR) is 65.8 cm³/mol. The van der Waals surface area contributed by atoms with Crippen LogP contribution in [-0.2, 0) is 11.2 Å². The number of benzene rings is 1. The first kappa shape index (κ1) is 12.4. The maximum atomic E-state index is 12.0. The SMILES string of the molecule is COc1ccc2c(c1OC)[C@H](CC#N)C(=O)CC2. The van der Waals surface area contributed by atoms with Crippen LogP contribution in [0.15, 0.2) is 12.1 Å². The van der Waals surface area contributed by atoms with Crippen LogP contribution < -0.4 is 9.47 Å². The summed E-state index contributed by atoms with van der Waals surface area (Å²) >= 11 is 0. The van der Waals surface area contributed by atoms with Gasteiger partial charge < -0.3 is 9.47 Å². The number of carbonyl (C=O) groups excluding carboxylic acids is 1. The van der Waals surface area contributed by atoms with Gasteiger partial charge in [0.1, 0.15) is 5.78 Å². The van der Waals surface area contributed by atoms with Gasteiger partial charge in [-0.25, -0.2) is 0 Å². The summed E-state index contributed by atoms with van der Waals surface area (Å²) in [7, 11) is 3.12. The highest BCUT2D eigenvalue weighted by Gasteiger charge is 2.31. The third kappa shape index (κ3) is 1.92. The number of fused-ring (bicyclic) bond motifs is 1. The van der Waals surface area contributed by atoms with Crippen LogP contribution in [0.1, 0.15) is 29.9 Å². The molecule has 0 saturated carbocycles. The zero-order chi connectivity index (χ0) is 13.1. The van der Waals surface area contributed by atoms with Crippen LogP contribution in [-0.4, -0.2) is 20.0 Å². The van der Waals surface area contributed by atoms with E-state index in [1.54, 1.807) is 14.2 Å². The van der Waals surface area contributed by atoms with Gasteiger partial charge in [-0.05, 0) is 18.1 Å². The van der Waals surface area contributed by atoms with E-state index < -0.39 is 0 Å². The van der Waals surface area contributed by atoms with Gasteiger partial charge >= 0.3 is 0 Å². The van der Waals surface area contributed by atoms with Gasteiger partial charge in [0.15, 0.2) is 11.5 Å². The van der Waals surface area contributed by atoms with Gasteiger partial charge in [-0.15, -0.1) is 0 Å². The van der Waals surface area contributed by atoms with E-state index in [1.165, 1.54) is 0 Å². The average Bonchev–Trinajstić information content (AvgIpc) is 2.40. The summed E-state index contributed by atoms with van der Waals surface area (Å²) in [5.74, 6) is 0.914. The van der Waals surface area contributed by atoms with E-state index in [0.29, 0.717) is 24.3 Å². The fraction of sp³-hybridized carbons (Fsp3) is 0.429. The Balaban J connectivity index is 2.60. The quantitative estimate of drug-likeness (QED) is 0.819. The molecular formula is C14H15NO3. The molecule has 0 unspecified atom stereocenters. The van der Waals surface area contributed by atoms with E-state index in [2.05, 4.69) is 6.07 Å². The molecule has 18 heavy (non-hydrogen) atoms. The number of hydrogen-bond donors (Lipinski definition) is 0. The van der Waals surface area contributed by atoms with Crippen molar-refractivity contribution in [1.29, 1.82) is 5.26 Å². The number of methoxy groups -OCH3 is 2. The number of ketones is 1. The molecule has 0 spiro atoms. The Morgan fingerprint density at radius 2 is 2.11 bits per heavy atom. The van der Waals surface area contributed by atoms with E-state index in [1.807, 2.05) is 12.1 Å². The highest BCUT2D eigenvalue weighted by atomic mass is 16.5. The normalized spacial score (nSPS) is 17.8. The van der Waals surface area contributed by atoms with Crippen molar-refractivity contribution in [2.45, 2.75) is 25.2 Å². The van der Waals surface area contributed by atoms with E-state index in [0.717, 1.165) is 11.1 Å². The van der Waals surface area contributed by atoms with Gasteiger partial charge in [-0.2, -0.15) is 5.26 Å². The molecule has 1 atom stereocenters. The topological polar surface area (TPSA) is 59.3 Å². The predicted octanol–water partition coefficient (Wildman–Crippen LogP) is 2.22. The molecule has 94 valence electrons. The Bertz CT molecular complexity index is 517. The fourth-order valence-electron chi connectivity index (χ4n) is 2.49. The zero-order valence-electron chi connectivity index (χ0n) is 10.5. The first-order valence-electron chi connectivity index (χ1n) is 5.86. The summed E-state index contributed by atoms with van der Waals surface area (Å²) in [5.41, 5.74) is 1.90. The molecule has 1 aromatic carbocycles. The Hall–Kier alpha value is -2.02.